The Morgan fingerprint density at radius 3 is 2.58 bits per heavy atom. The van der Waals surface area contributed by atoms with Crippen LogP contribution in [0.5, 0.6) is 0 Å². The van der Waals surface area contributed by atoms with Crippen molar-refractivity contribution in [3.8, 4) is 0 Å². The smallest absolute Gasteiger partial charge is 0.416 e. The first-order chi connectivity index (χ1) is 12.3. The zero-order valence-corrected chi connectivity index (χ0v) is 14.1. The third-order valence-corrected chi connectivity index (χ3v) is 4.84. The summed E-state index contributed by atoms with van der Waals surface area (Å²) in [5.41, 5.74) is -2.67. The van der Waals surface area contributed by atoms with Gasteiger partial charge >= 0.3 is 6.18 Å². The van der Waals surface area contributed by atoms with Gasteiger partial charge in [-0.25, -0.2) is 0 Å². The minimum Gasteiger partial charge on any atom is -0.466 e. The number of rotatable bonds is 5. The van der Waals surface area contributed by atoms with E-state index in [1.165, 1.54) is 23.7 Å². The molecule has 1 aromatic carbocycles. The topological polar surface area (TPSA) is 62.5 Å². The third kappa shape index (κ3) is 3.66. The van der Waals surface area contributed by atoms with Crippen LogP contribution in [0.3, 0.4) is 0 Å². The van der Waals surface area contributed by atoms with Crippen LogP contribution in [0.25, 0.3) is 0 Å². The fraction of sp³-hybridized carbons (Fsp3) is 0.167. The van der Waals surface area contributed by atoms with E-state index in [4.69, 9.17) is 4.42 Å². The molecule has 2 heterocycles. The number of carbonyl (C=O) groups is 1. The van der Waals surface area contributed by atoms with Gasteiger partial charge in [-0.05, 0) is 41.8 Å². The first-order valence-electron chi connectivity index (χ1n) is 7.56. The lowest BCUT2D eigenvalue weighted by molar-refractivity contribution is -0.137. The van der Waals surface area contributed by atoms with E-state index in [1.807, 2.05) is 0 Å². The van der Waals surface area contributed by atoms with E-state index in [2.05, 4.69) is 5.32 Å². The molecule has 1 unspecified atom stereocenters. The number of halogens is 3. The van der Waals surface area contributed by atoms with Crippen molar-refractivity contribution in [1.82, 2.24) is 5.32 Å². The van der Waals surface area contributed by atoms with Gasteiger partial charge in [0.25, 0.3) is 5.91 Å². The minimum atomic E-state index is -4.54. The van der Waals surface area contributed by atoms with Crippen molar-refractivity contribution < 1.29 is 27.5 Å². The Labute approximate surface area is 150 Å². The van der Waals surface area contributed by atoms with Gasteiger partial charge in [-0.3, -0.25) is 4.79 Å². The molecule has 1 amide bonds. The minimum absolute atomic E-state index is 0.146. The number of aliphatic hydroxyl groups is 1. The van der Waals surface area contributed by atoms with Gasteiger partial charge in [-0.15, -0.1) is 11.3 Å². The van der Waals surface area contributed by atoms with E-state index in [1.54, 1.807) is 29.6 Å². The molecule has 2 N–H and O–H groups in total. The van der Waals surface area contributed by atoms with Gasteiger partial charge < -0.3 is 14.8 Å². The maximum Gasteiger partial charge on any atom is 0.416 e. The van der Waals surface area contributed by atoms with Crippen molar-refractivity contribution >= 4 is 17.2 Å². The highest BCUT2D eigenvalue weighted by Crippen LogP contribution is 2.33. The van der Waals surface area contributed by atoms with Crippen LogP contribution >= 0.6 is 11.3 Å². The maximum atomic E-state index is 12.8. The Morgan fingerprint density at radius 1 is 1.15 bits per heavy atom. The van der Waals surface area contributed by atoms with Crippen LogP contribution in [0, 0.1) is 0 Å². The molecule has 0 aliphatic rings. The molecular formula is C18H14F3NO3S. The predicted molar refractivity (Wildman–Crippen MR) is 89.8 cm³/mol. The van der Waals surface area contributed by atoms with Gasteiger partial charge in [-0.2, -0.15) is 13.2 Å². The third-order valence-electron chi connectivity index (χ3n) is 3.81. The highest BCUT2D eigenvalue weighted by atomic mass is 32.1. The Hall–Kier alpha value is -2.58. The standard InChI is InChI=1S/C18H14F3NO3S/c19-18(20,21)13-5-1-4-12(10-13)16(23)22-11-17(24,14-6-2-8-25-14)15-7-3-9-26-15/h1-10,24H,11H2,(H,22,23). The molecule has 0 aliphatic carbocycles. The van der Waals surface area contributed by atoms with Crippen LogP contribution in [0.1, 0.15) is 26.6 Å². The molecule has 0 saturated heterocycles. The van der Waals surface area contributed by atoms with Crippen molar-refractivity contribution in [3.63, 3.8) is 0 Å². The number of hydrogen-bond acceptors (Lipinski definition) is 4. The lowest BCUT2D eigenvalue weighted by Crippen LogP contribution is -2.41. The van der Waals surface area contributed by atoms with Gasteiger partial charge in [0.15, 0.2) is 5.60 Å². The van der Waals surface area contributed by atoms with Gasteiger partial charge in [0, 0.05) is 10.4 Å². The molecule has 136 valence electrons. The highest BCUT2D eigenvalue weighted by Gasteiger charge is 2.36. The summed E-state index contributed by atoms with van der Waals surface area (Å²) < 4.78 is 43.7. The molecule has 0 spiro atoms. The normalized spacial score (nSPS) is 14.0. The molecule has 0 fully saturated rings. The molecule has 0 saturated carbocycles. The number of nitrogens with one attached hydrogen (secondary N) is 1. The number of carbonyl (C=O) groups excluding carboxylic acids is 1. The van der Waals surface area contributed by atoms with Gasteiger partial charge in [-0.1, -0.05) is 12.1 Å². The lowest BCUT2D eigenvalue weighted by atomic mass is 9.98. The Morgan fingerprint density at radius 2 is 1.96 bits per heavy atom. The molecule has 0 bridgehead atoms. The van der Waals surface area contributed by atoms with E-state index in [0.717, 1.165) is 18.2 Å². The molecule has 8 heteroatoms. The van der Waals surface area contributed by atoms with Crippen LogP contribution in [0.15, 0.2) is 64.6 Å². The van der Waals surface area contributed by atoms with Crippen LogP contribution in [0.4, 0.5) is 13.2 Å². The zero-order chi connectivity index (χ0) is 18.8. The number of thiophene rings is 1. The molecule has 3 rings (SSSR count). The molecule has 4 nitrogen and oxygen atoms in total. The second-order valence-corrected chi connectivity index (χ2v) is 6.52. The van der Waals surface area contributed by atoms with Crippen LogP contribution in [0.2, 0.25) is 0 Å². The summed E-state index contributed by atoms with van der Waals surface area (Å²) in [6, 6.07) is 10.7. The summed E-state index contributed by atoms with van der Waals surface area (Å²) in [7, 11) is 0. The Kier molecular flexibility index (Phi) is 4.88. The number of benzene rings is 1. The molecule has 2 aromatic heterocycles. The first-order valence-corrected chi connectivity index (χ1v) is 8.44. The second-order valence-electron chi connectivity index (χ2n) is 5.58. The summed E-state index contributed by atoms with van der Waals surface area (Å²) in [6.07, 6.45) is -3.15. The second kappa shape index (κ2) is 6.97. The maximum absolute atomic E-state index is 12.8. The van der Waals surface area contributed by atoms with Crippen molar-refractivity contribution in [2.24, 2.45) is 0 Å². The predicted octanol–water partition coefficient (Wildman–Crippen LogP) is 4.03. The monoisotopic (exact) mass is 381 g/mol. The summed E-state index contributed by atoms with van der Waals surface area (Å²) >= 11 is 1.27. The molecule has 26 heavy (non-hydrogen) atoms. The molecular weight excluding hydrogens is 367 g/mol. The van der Waals surface area contributed by atoms with Crippen molar-refractivity contribution in [2.45, 2.75) is 11.8 Å². The van der Waals surface area contributed by atoms with Crippen molar-refractivity contribution in [3.05, 3.63) is 81.9 Å². The number of amides is 1. The van der Waals surface area contributed by atoms with Gasteiger partial charge in [0.1, 0.15) is 5.76 Å². The van der Waals surface area contributed by atoms with E-state index >= 15 is 0 Å². The summed E-state index contributed by atoms with van der Waals surface area (Å²) in [5.74, 6) is -0.498. The van der Waals surface area contributed by atoms with Crippen LogP contribution < -0.4 is 5.32 Å². The van der Waals surface area contributed by atoms with Crippen LogP contribution in [-0.4, -0.2) is 17.6 Å². The average molecular weight is 381 g/mol. The number of alkyl halides is 3. The number of hydrogen-bond donors (Lipinski definition) is 2. The van der Waals surface area contributed by atoms with E-state index < -0.39 is 23.2 Å². The largest absolute Gasteiger partial charge is 0.466 e. The average Bonchev–Trinajstić information content (AvgIpc) is 3.32. The van der Waals surface area contributed by atoms with Gasteiger partial charge in [0.2, 0.25) is 0 Å². The van der Waals surface area contributed by atoms with E-state index in [0.29, 0.717) is 4.88 Å². The molecule has 3 aromatic rings. The van der Waals surface area contributed by atoms with Crippen molar-refractivity contribution in [1.29, 1.82) is 0 Å². The fourth-order valence-corrected chi connectivity index (χ4v) is 3.30. The summed E-state index contributed by atoms with van der Waals surface area (Å²) in [5, 5.41) is 15.3. The van der Waals surface area contributed by atoms with E-state index in [9.17, 15) is 23.1 Å². The van der Waals surface area contributed by atoms with Crippen molar-refractivity contribution in [2.75, 3.05) is 6.54 Å². The summed E-state index contributed by atoms with van der Waals surface area (Å²) in [4.78, 5) is 12.8. The Balaban J connectivity index is 1.81. The first kappa shape index (κ1) is 18.2. The fourth-order valence-electron chi connectivity index (χ4n) is 2.47. The van der Waals surface area contributed by atoms with E-state index in [-0.39, 0.29) is 17.9 Å². The highest BCUT2D eigenvalue weighted by molar-refractivity contribution is 7.10. The Bertz CT molecular complexity index is 839. The van der Waals surface area contributed by atoms with Gasteiger partial charge in [0.05, 0.1) is 18.4 Å². The number of furan rings is 1. The molecule has 0 aliphatic heterocycles. The zero-order valence-electron chi connectivity index (χ0n) is 13.3. The summed E-state index contributed by atoms with van der Waals surface area (Å²) in [6.45, 7) is -0.254. The molecule has 0 radical (unpaired) electrons. The lowest BCUT2D eigenvalue weighted by Gasteiger charge is -2.25. The SMILES string of the molecule is O=C(NCC(O)(c1ccco1)c1cccs1)c1cccc(C(F)(F)F)c1. The molecule has 1 atom stereocenters. The van der Waals surface area contributed by atoms with Crippen LogP contribution in [-0.2, 0) is 11.8 Å². The quantitative estimate of drug-likeness (QED) is 0.702.